The maximum atomic E-state index is 13.7. The number of hydrogen-bond acceptors (Lipinski definition) is 2. The number of nitrogens with two attached hydrogens (primary N) is 1. The quantitative estimate of drug-likeness (QED) is 0.896. The molecule has 0 saturated heterocycles. The van der Waals surface area contributed by atoms with Gasteiger partial charge >= 0.3 is 5.97 Å². The van der Waals surface area contributed by atoms with Crippen molar-refractivity contribution in [3.05, 3.63) is 33.5 Å². The highest BCUT2D eigenvalue weighted by molar-refractivity contribution is 9.10. The molecule has 0 aliphatic carbocycles. The molecule has 5 heteroatoms. The minimum atomic E-state index is -0.928. The van der Waals surface area contributed by atoms with Gasteiger partial charge < -0.3 is 10.8 Å². The van der Waals surface area contributed by atoms with Gasteiger partial charge in [0.1, 0.15) is 5.82 Å². The Labute approximate surface area is 102 Å². The second-order valence-corrected chi connectivity index (χ2v) is 4.54. The number of aliphatic carboxylic acids is 1. The minimum absolute atomic E-state index is 0.0633. The largest absolute Gasteiger partial charge is 0.481 e. The lowest BCUT2D eigenvalue weighted by molar-refractivity contribution is -0.137. The van der Waals surface area contributed by atoms with E-state index in [-0.39, 0.29) is 12.8 Å². The normalized spacial score (nSPS) is 12.5. The molecule has 0 radical (unpaired) electrons. The van der Waals surface area contributed by atoms with Gasteiger partial charge in [0.05, 0.1) is 4.47 Å². The standard InChI is InChI=1S/C11H13BrFNO2/c1-6-4-7(11(13)8(12)5-6)9(14)2-3-10(15)16/h4-5,9H,2-3,14H2,1H3,(H,15,16). The van der Waals surface area contributed by atoms with Crippen molar-refractivity contribution in [3.63, 3.8) is 0 Å². The van der Waals surface area contributed by atoms with Crippen LogP contribution in [0.3, 0.4) is 0 Å². The summed E-state index contributed by atoms with van der Waals surface area (Å²) in [6, 6.07) is 2.71. The first kappa shape index (κ1) is 13.1. The van der Waals surface area contributed by atoms with Crippen LogP contribution < -0.4 is 5.73 Å². The molecule has 0 amide bonds. The molecule has 16 heavy (non-hydrogen) atoms. The maximum Gasteiger partial charge on any atom is 0.303 e. The van der Waals surface area contributed by atoms with Crippen molar-refractivity contribution in [1.29, 1.82) is 0 Å². The summed E-state index contributed by atoms with van der Waals surface area (Å²) in [6.45, 7) is 1.83. The van der Waals surface area contributed by atoms with Crippen LogP contribution in [0.1, 0.15) is 30.0 Å². The van der Waals surface area contributed by atoms with Crippen LogP contribution in [-0.2, 0) is 4.79 Å². The van der Waals surface area contributed by atoms with E-state index in [1.807, 2.05) is 6.92 Å². The molecule has 1 aromatic rings. The molecule has 0 aromatic heterocycles. The van der Waals surface area contributed by atoms with E-state index in [0.717, 1.165) is 5.56 Å². The van der Waals surface area contributed by atoms with Crippen molar-refractivity contribution in [2.45, 2.75) is 25.8 Å². The van der Waals surface area contributed by atoms with Crippen molar-refractivity contribution in [1.82, 2.24) is 0 Å². The first-order valence-corrected chi connectivity index (χ1v) is 5.64. The van der Waals surface area contributed by atoms with Crippen molar-refractivity contribution < 1.29 is 14.3 Å². The maximum absolute atomic E-state index is 13.7. The highest BCUT2D eigenvalue weighted by atomic mass is 79.9. The van der Waals surface area contributed by atoms with Gasteiger partial charge in [0, 0.05) is 18.0 Å². The topological polar surface area (TPSA) is 63.3 Å². The van der Waals surface area contributed by atoms with Crippen molar-refractivity contribution in [2.24, 2.45) is 5.73 Å². The molecule has 88 valence electrons. The fourth-order valence-electron chi connectivity index (χ4n) is 1.46. The van der Waals surface area contributed by atoms with Gasteiger partial charge in [-0.15, -0.1) is 0 Å². The summed E-state index contributed by atoms with van der Waals surface area (Å²) in [6.07, 6.45) is 0.161. The van der Waals surface area contributed by atoms with Crippen LogP contribution >= 0.6 is 15.9 Å². The smallest absolute Gasteiger partial charge is 0.303 e. The summed E-state index contributed by atoms with van der Waals surface area (Å²) in [4.78, 5) is 10.4. The lowest BCUT2D eigenvalue weighted by atomic mass is 10.0. The molecular formula is C11H13BrFNO2. The van der Waals surface area contributed by atoms with E-state index in [4.69, 9.17) is 10.8 Å². The van der Waals surface area contributed by atoms with Crippen molar-refractivity contribution in [3.8, 4) is 0 Å². The van der Waals surface area contributed by atoms with E-state index in [9.17, 15) is 9.18 Å². The third kappa shape index (κ3) is 3.28. The molecular weight excluding hydrogens is 277 g/mol. The zero-order valence-corrected chi connectivity index (χ0v) is 10.4. The molecule has 3 nitrogen and oxygen atoms in total. The summed E-state index contributed by atoms with van der Waals surface area (Å²) < 4.78 is 14.0. The Morgan fingerprint density at radius 2 is 2.25 bits per heavy atom. The number of rotatable bonds is 4. The predicted octanol–water partition coefficient (Wildman–Crippen LogP) is 2.76. The Bertz CT molecular complexity index is 409. The zero-order valence-electron chi connectivity index (χ0n) is 8.84. The van der Waals surface area contributed by atoms with Gasteiger partial charge in [0.2, 0.25) is 0 Å². The van der Waals surface area contributed by atoms with E-state index in [2.05, 4.69) is 15.9 Å². The third-order valence-corrected chi connectivity index (χ3v) is 2.85. The van der Waals surface area contributed by atoms with Gasteiger partial charge in [-0.1, -0.05) is 6.07 Å². The Morgan fingerprint density at radius 1 is 1.62 bits per heavy atom. The molecule has 1 rings (SSSR count). The molecule has 0 heterocycles. The number of carboxylic acid groups (broad SMARTS) is 1. The molecule has 0 bridgehead atoms. The molecule has 0 spiro atoms. The van der Waals surface area contributed by atoms with Crippen LogP contribution in [-0.4, -0.2) is 11.1 Å². The highest BCUT2D eigenvalue weighted by Crippen LogP contribution is 2.26. The van der Waals surface area contributed by atoms with Crippen LogP contribution in [0, 0.1) is 12.7 Å². The lowest BCUT2D eigenvalue weighted by Gasteiger charge is -2.13. The first-order valence-electron chi connectivity index (χ1n) is 4.84. The number of benzene rings is 1. The van der Waals surface area contributed by atoms with E-state index >= 15 is 0 Å². The molecule has 1 aromatic carbocycles. The molecule has 3 N–H and O–H groups in total. The summed E-state index contributed by atoms with van der Waals surface area (Å²) in [5, 5.41) is 8.53. The van der Waals surface area contributed by atoms with Crippen LogP contribution in [0.4, 0.5) is 4.39 Å². The van der Waals surface area contributed by atoms with E-state index in [1.165, 1.54) is 0 Å². The summed E-state index contributed by atoms with van der Waals surface area (Å²) >= 11 is 3.10. The highest BCUT2D eigenvalue weighted by Gasteiger charge is 2.15. The molecule has 0 saturated carbocycles. The fraction of sp³-hybridized carbons (Fsp3) is 0.364. The van der Waals surface area contributed by atoms with Gasteiger partial charge in [-0.2, -0.15) is 0 Å². The number of carbonyl (C=O) groups is 1. The summed E-state index contributed by atoms with van der Waals surface area (Å²) in [5.74, 6) is -1.34. The predicted molar refractivity (Wildman–Crippen MR) is 62.6 cm³/mol. The lowest BCUT2D eigenvalue weighted by Crippen LogP contribution is -2.14. The number of aryl methyl sites for hydroxylation is 1. The molecule has 1 unspecified atom stereocenters. The van der Waals surface area contributed by atoms with Gasteiger partial charge in [-0.3, -0.25) is 4.79 Å². The summed E-state index contributed by atoms with van der Waals surface area (Å²) in [7, 11) is 0. The third-order valence-electron chi connectivity index (χ3n) is 2.27. The van der Waals surface area contributed by atoms with Gasteiger partial charge in [-0.05, 0) is 40.9 Å². The van der Waals surface area contributed by atoms with E-state index in [1.54, 1.807) is 12.1 Å². The Hall–Kier alpha value is -0.940. The number of carboxylic acids is 1. The second kappa shape index (κ2) is 5.41. The van der Waals surface area contributed by atoms with Crippen LogP contribution in [0.2, 0.25) is 0 Å². The minimum Gasteiger partial charge on any atom is -0.481 e. The molecule has 1 atom stereocenters. The van der Waals surface area contributed by atoms with Crippen LogP contribution in [0.5, 0.6) is 0 Å². The Kier molecular flexibility index (Phi) is 4.44. The van der Waals surface area contributed by atoms with Gasteiger partial charge in [0.15, 0.2) is 0 Å². The molecule has 0 fully saturated rings. The van der Waals surface area contributed by atoms with Crippen LogP contribution in [0.25, 0.3) is 0 Å². The number of hydrogen-bond donors (Lipinski definition) is 2. The Balaban J connectivity index is 2.90. The summed E-state index contributed by atoms with van der Waals surface area (Å²) in [5.41, 5.74) is 7.00. The average Bonchev–Trinajstić information content (AvgIpc) is 2.19. The average molecular weight is 290 g/mol. The van der Waals surface area contributed by atoms with Crippen LogP contribution in [0.15, 0.2) is 16.6 Å². The first-order chi connectivity index (χ1) is 7.41. The van der Waals surface area contributed by atoms with Gasteiger partial charge in [0.25, 0.3) is 0 Å². The van der Waals surface area contributed by atoms with Crippen molar-refractivity contribution >= 4 is 21.9 Å². The van der Waals surface area contributed by atoms with Crippen molar-refractivity contribution in [2.75, 3.05) is 0 Å². The molecule has 0 aliphatic rings. The molecule has 0 aliphatic heterocycles. The van der Waals surface area contributed by atoms with E-state index < -0.39 is 17.8 Å². The second-order valence-electron chi connectivity index (χ2n) is 3.69. The van der Waals surface area contributed by atoms with Gasteiger partial charge in [-0.25, -0.2) is 4.39 Å². The fourth-order valence-corrected chi connectivity index (χ4v) is 2.05. The number of halogens is 2. The van der Waals surface area contributed by atoms with E-state index in [0.29, 0.717) is 10.0 Å². The zero-order chi connectivity index (χ0) is 12.3. The SMILES string of the molecule is Cc1cc(Br)c(F)c(C(N)CCC(=O)O)c1. The Morgan fingerprint density at radius 3 is 2.81 bits per heavy atom. The monoisotopic (exact) mass is 289 g/mol.